The van der Waals surface area contributed by atoms with Gasteiger partial charge in [0.05, 0.1) is 66.5 Å². The van der Waals surface area contributed by atoms with Crippen molar-refractivity contribution < 1.29 is 27.9 Å². The zero-order valence-corrected chi connectivity index (χ0v) is 71.1. The molecule has 16 aromatic rings. The van der Waals surface area contributed by atoms with Gasteiger partial charge in [0.1, 0.15) is 11.6 Å². The molecule has 3 aliphatic heterocycles. The Morgan fingerprint density at radius 3 is 0.967 bits per heavy atom. The van der Waals surface area contributed by atoms with Gasteiger partial charge in [-0.1, -0.05) is 277 Å². The molecule has 2 aromatic heterocycles. The summed E-state index contributed by atoms with van der Waals surface area (Å²) in [5.41, 5.74) is 31.8. The Balaban J connectivity index is 0.000000124. The summed E-state index contributed by atoms with van der Waals surface area (Å²) < 4.78 is 43.0. The van der Waals surface area contributed by atoms with E-state index in [0.717, 1.165) is 71.7 Å². The van der Waals surface area contributed by atoms with Gasteiger partial charge in [-0.3, -0.25) is 9.13 Å². The summed E-state index contributed by atoms with van der Waals surface area (Å²) in [6.07, 6.45) is 0. The summed E-state index contributed by atoms with van der Waals surface area (Å²) in [6.45, 7) is 24.7. The minimum absolute atomic E-state index is 0.360. The first-order valence-corrected chi connectivity index (χ1v) is 42.6. The van der Waals surface area contributed by atoms with Crippen molar-refractivity contribution in [2.24, 2.45) is 0 Å². The molecule has 586 valence electrons. The smallest absolute Gasteiger partial charge is 0.405 e. The Hall–Kier alpha value is -11.5. The van der Waals surface area contributed by atoms with Crippen LogP contribution in [0.4, 0.5) is 0 Å². The molecule has 120 heavy (non-hydrogen) atoms. The first kappa shape index (κ1) is 75.9. The Morgan fingerprint density at radius 2 is 0.550 bits per heavy atom. The van der Waals surface area contributed by atoms with Crippen LogP contribution in [0.5, 0.6) is 0 Å². The van der Waals surface area contributed by atoms with E-state index in [1.807, 2.05) is 55.4 Å². The largest absolute Gasteiger partial charge is 0.495 e. The van der Waals surface area contributed by atoms with Crippen LogP contribution in [0.2, 0.25) is 0 Å². The Morgan fingerprint density at radius 1 is 0.258 bits per heavy atom. The molecule has 2 atom stereocenters. The molecule has 2 unspecified atom stereocenters. The van der Waals surface area contributed by atoms with E-state index in [-0.39, 0.29) is 22.4 Å². The lowest BCUT2D eigenvalue weighted by Gasteiger charge is -2.32. The monoisotopic (exact) mass is 1630 g/mol. The summed E-state index contributed by atoms with van der Waals surface area (Å²) in [4.78, 5) is 10.4. The third kappa shape index (κ3) is 11.3. The van der Waals surface area contributed by atoms with E-state index in [1.165, 1.54) is 106 Å². The molecule has 14 aromatic carbocycles. The summed E-state index contributed by atoms with van der Waals surface area (Å²) >= 11 is 3.94. The van der Waals surface area contributed by atoms with Crippen molar-refractivity contribution in [3.63, 3.8) is 0 Å². The molecule has 4 aliphatic carbocycles. The van der Waals surface area contributed by atoms with Gasteiger partial charge in [-0.25, -0.2) is 9.97 Å². The van der Waals surface area contributed by atoms with E-state index in [0.29, 0.717) is 0 Å². The molecule has 0 bridgehead atoms. The van der Waals surface area contributed by atoms with Crippen LogP contribution in [-0.2, 0) is 38.8 Å². The van der Waals surface area contributed by atoms with Crippen LogP contribution >= 0.6 is 15.9 Å². The summed E-state index contributed by atoms with van der Waals surface area (Å²) in [6, 6.07) is 119. The fourth-order valence-electron chi connectivity index (χ4n) is 19.9. The first-order chi connectivity index (χ1) is 57.9. The Labute approximate surface area is 711 Å². The molecule has 10 nitrogen and oxygen atoms in total. The van der Waals surface area contributed by atoms with E-state index >= 15 is 0 Å². The quantitative estimate of drug-likeness (QED) is 0.139. The van der Waals surface area contributed by atoms with Crippen LogP contribution in [-0.4, -0.2) is 73.8 Å². The second-order valence-electron chi connectivity index (χ2n) is 35.8. The molecule has 0 saturated carbocycles. The minimum atomic E-state index is -0.508. The van der Waals surface area contributed by atoms with Crippen LogP contribution < -0.4 is 5.46 Å². The first-order valence-electron chi connectivity index (χ1n) is 41.8. The fourth-order valence-corrected chi connectivity index (χ4v) is 20.5. The maximum absolute atomic E-state index is 6.73. The molecule has 3 fully saturated rings. The van der Waals surface area contributed by atoms with Crippen LogP contribution in [0.1, 0.15) is 128 Å². The summed E-state index contributed by atoms with van der Waals surface area (Å²) in [5, 5.41) is 0. The highest BCUT2D eigenvalue weighted by molar-refractivity contribution is 9.10. The van der Waals surface area contributed by atoms with E-state index in [2.05, 4.69) is 380 Å². The number of imidazole rings is 2. The van der Waals surface area contributed by atoms with Gasteiger partial charge in [-0.05, 0) is 261 Å². The number of aromatic nitrogens is 4. The summed E-state index contributed by atoms with van der Waals surface area (Å²) in [7, 11) is -1.43. The second kappa shape index (κ2) is 27.8. The standard InChI is InChI=1S/C50H39BN2O2.C44H27BrN2.C12H24B2O4/c1-48(2)49(3,4)55-51(54-48)42-28-16-27-41-46(42)37-22-9-11-25-39(37)50(41)38-24-10-8-21-36(38)45-35(23-15-26-40(45)50)32-17-14-18-33(31-32)47-52-43-29-12-13-30-44(43)53(47)34-19-6-5-7-20-34;45-38-24-12-23-37-42(38)33-18-5-7-21-35(33)44(37)34-20-6-4-17-32(34)41-31(19-11-22-36(41)44)28-13-10-14-29(27-28)43-46-39-25-8-9-26-40(39)47(43)30-15-2-1-3-16-30;1-9(2)10(3,4)16-13(15-9)14-17-11(5,6)12(7,8)18-14/h5-31H,1-4H3;1-27H;1-8H3. The average molecular weight is 1630 g/mol. The number of nitrogens with zero attached hydrogens (tertiary/aromatic N) is 4. The molecule has 14 heteroatoms. The Kier molecular flexibility index (Phi) is 17.6. The maximum Gasteiger partial charge on any atom is 0.495 e. The minimum Gasteiger partial charge on any atom is -0.405 e. The number of fused-ring (bicyclic) bond motifs is 22. The van der Waals surface area contributed by atoms with Crippen molar-refractivity contribution in [2.45, 2.75) is 128 Å². The van der Waals surface area contributed by atoms with Gasteiger partial charge < -0.3 is 27.9 Å². The number of halogens is 1. The van der Waals surface area contributed by atoms with Crippen LogP contribution in [0.15, 0.2) is 332 Å². The highest BCUT2D eigenvalue weighted by atomic mass is 79.9. The molecule has 0 amide bonds. The molecule has 2 spiro atoms. The third-order valence-electron chi connectivity index (χ3n) is 27.5. The molecule has 23 rings (SSSR count). The van der Waals surface area contributed by atoms with Crippen LogP contribution in [0, 0.1) is 0 Å². The van der Waals surface area contributed by atoms with Gasteiger partial charge in [-0.2, -0.15) is 0 Å². The number of hydrogen-bond acceptors (Lipinski definition) is 8. The normalized spacial score (nSPS) is 19.3. The van der Waals surface area contributed by atoms with E-state index in [4.69, 9.17) is 37.9 Å². The molecule has 5 heterocycles. The fraction of sp³-hybridized carbons (Fsp3) is 0.189. The number of hydrogen-bond donors (Lipinski definition) is 0. The molecule has 0 radical (unpaired) electrons. The zero-order chi connectivity index (χ0) is 82.2. The van der Waals surface area contributed by atoms with Gasteiger partial charge in [0.2, 0.25) is 0 Å². The molecule has 7 aliphatic rings. The van der Waals surface area contributed by atoms with Crippen LogP contribution in [0.3, 0.4) is 0 Å². The van der Waals surface area contributed by atoms with Gasteiger partial charge in [0.25, 0.3) is 0 Å². The molecule has 3 saturated heterocycles. The lowest BCUT2D eigenvalue weighted by molar-refractivity contribution is 0.00578. The highest BCUT2D eigenvalue weighted by Gasteiger charge is 2.64. The van der Waals surface area contributed by atoms with Crippen molar-refractivity contribution in [3.05, 3.63) is 377 Å². The lowest BCUT2D eigenvalue weighted by Crippen LogP contribution is -2.41. The van der Waals surface area contributed by atoms with Crippen molar-refractivity contribution in [1.29, 1.82) is 0 Å². The predicted molar refractivity (Wildman–Crippen MR) is 492 cm³/mol. The van der Waals surface area contributed by atoms with Crippen molar-refractivity contribution in [2.75, 3.05) is 0 Å². The summed E-state index contributed by atoms with van der Waals surface area (Å²) in [5.74, 6) is 1.86. The van der Waals surface area contributed by atoms with E-state index in [1.54, 1.807) is 0 Å². The van der Waals surface area contributed by atoms with Crippen molar-refractivity contribution >= 4 is 64.6 Å². The maximum atomic E-state index is 6.73. The predicted octanol–water partition coefficient (Wildman–Crippen LogP) is 24.7. The second-order valence-corrected chi connectivity index (χ2v) is 36.6. The zero-order valence-electron chi connectivity index (χ0n) is 69.5. The van der Waals surface area contributed by atoms with Crippen molar-refractivity contribution in [3.8, 4) is 101 Å². The van der Waals surface area contributed by atoms with E-state index in [9.17, 15) is 0 Å². The van der Waals surface area contributed by atoms with Gasteiger partial charge in [-0.15, -0.1) is 0 Å². The average Bonchev–Trinajstić information content (AvgIpc) is 1.50. The third-order valence-corrected chi connectivity index (χ3v) is 28.2. The SMILES string of the molecule is Brc1cccc2c1-c1ccccc1C21c2ccccc2-c2c(-c3cccc(-c4nc5ccccc5n4-c4ccccc4)c3)cccc21.CC1(C)OB(B2OC(C)(C)C(C)(C)O2)OC1(C)C.CC1(C)OB(c2cccc3c2-c2ccccc2C32c3ccccc3-c3c(-c4cccc(-c5nc6ccccc6n5-c5ccccc5)c4)cccc32)OC1(C)C. The highest BCUT2D eigenvalue weighted by Crippen LogP contribution is 2.67. The lowest BCUT2D eigenvalue weighted by atomic mass is 9.49. The molecular formula is C106H90B3BrN4O6. The van der Waals surface area contributed by atoms with E-state index < -0.39 is 43.2 Å². The topological polar surface area (TPSA) is 91.0 Å². The molecular weight excluding hydrogens is 1540 g/mol. The number of benzene rings is 14. The number of rotatable bonds is 8. The van der Waals surface area contributed by atoms with Crippen molar-refractivity contribution in [1.82, 2.24) is 19.1 Å². The van der Waals surface area contributed by atoms with Crippen LogP contribution in [0.25, 0.3) is 123 Å². The van der Waals surface area contributed by atoms with Gasteiger partial charge >= 0.3 is 21.1 Å². The number of para-hydroxylation sites is 6. The van der Waals surface area contributed by atoms with Gasteiger partial charge in [0, 0.05) is 32.5 Å². The van der Waals surface area contributed by atoms with Gasteiger partial charge in [0.15, 0.2) is 0 Å². The Bertz CT molecular complexity index is 6770. The molecule has 0 N–H and O–H groups in total.